The van der Waals surface area contributed by atoms with E-state index in [1.54, 1.807) is 0 Å². The average molecular weight is 914 g/mol. The lowest BCUT2D eigenvalue weighted by atomic mass is 10.1. The Morgan fingerprint density at radius 1 is 0.375 bits per heavy atom. The molecule has 1 unspecified atom stereocenters. The molecule has 0 aliphatic rings. The van der Waals surface area contributed by atoms with Crippen LogP contribution in [0.1, 0.15) is 234 Å². The van der Waals surface area contributed by atoms with Crippen molar-refractivity contribution >= 4 is 24.1 Å². The number of rotatable bonds is 49. The molecule has 0 spiro atoms. The van der Waals surface area contributed by atoms with E-state index < -0.39 is 24.3 Å². The Kier molecular flexibility index (Phi) is 46.6. The third-order valence-corrected chi connectivity index (χ3v) is 11.6. The Hall–Kier alpha value is -2.44. The SMILES string of the molecule is CCCCCCCCCOC(=O)CCCCCCCC(=O)OCC(COC(=O)CCC(OCCCCCCCCC)OCCCCCCCCC)COC(=O)OCCCN(CC)CC. The molecule has 0 bridgehead atoms. The van der Waals surface area contributed by atoms with Crippen LogP contribution < -0.4 is 0 Å². The summed E-state index contributed by atoms with van der Waals surface area (Å²) >= 11 is 0. The van der Waals surface area contributed by atoms with Gasteiger partial charge in [0.2, 0.25) is 0 Å². The number of hydrogen-bond donors (Lipinski definition) is 0. The average Bonchev–Trinajstić information content (AvgIpc) is 3.29. The first-order chi connectivity index (χ1) is 31.3. The number of nitrogens with zero attached hydrogens (tertiary/aromatic N) is 1. The van der Waals surface area contributed by atoms with Crippen molar-refractivity contribution in [3.8, 4) is 0 Å². The Balaban J connectivity index is 4.85. The highest BCUT2D eigenvalue weighted by Crippen LogP contribution is 2.15. The van der Waals surface area contributed by atoms with Crippen molar-refractivity contribution in [2.45, 2.75) is 240 Å². The summed E-state index contributed by atoms with van der Waals surface area (Å²) in [6, 6.07) is 0. The molecule has 0 amide bonds. The highest BCUT2D eigenvalue weighted by molar-refractivity contribution is 5.70. The first-order valence-electron chi connectivity index (χ1n) is 26.5. The number of carbonyl (C=O) groups is 4. The molecule has 0 aromatic carbocycles. The number of carbonyl (C=O) groups excluding carboxylic acids is 4. The fourth-order valence-electron chi connectivity index (χ4n) is 7.31. The zero-order valence-electron chi connectivity index (χ0n) is 42.1. The Morgan fingerprint density at radius 2 is 0.750 bits per heavy atom. The van der Waals surface area contributed by atoms with Gasteiger partial charge >= 0.3 is 24.1 Å². The van der Waals surface area contributed by atoms with E-state index in [-0.39, 0.29) is 51.2 Å². The molecule has 0 saturated carbocycles. The van der Waals surface area contributed by atoms with Gasteiger partial charge in [-0.3, -0.25) is 14.4 Å². The van der Waals surface area contributed by atoms with Crippen molar-refractivity contribution < 1.29 is 52.3 Å². The van der Waals surface area contributed by atoms with E-state index in [4.69, 9.17) is 33.2 Å². The molecule has 0 aliphatic carbocycles. The van der Waals surface area contributed by atoms with Gasteiger partial charge in [-0.05, 0) is 51.6 Å². The first kappa shape index (κ1) is 61.6. The van der Waals surface area contributed by atoms with Gasteiger partial charge in [0.05, 0.1) is 25.6 Å². The van der Waals surface area contributed by atoms with Gasteiger partial charge in [-0.2, -0.15) is 0 Å². The van der Waals surface area contributed by atoms with Crippen molar-refractivity contribution in [2.75, 3.05) is 65.9 Å². The van der Waals surface area contributed by atoms with Gasteiger partial charge in [-0.15, -0.1) is 0 Å². The van der Waals surface area contributed by atoms with Crippen LogP contribution in [0.25, 0.3) is 0 Å². The standard InChI is InChI=1S/C52H99NO11/c1-6-11-14-17-20-26-31-40-58-48(54)35-29-24-23-25-30-36-49(55)62-44-47(46-64-52(57)61-43-34-39-53(9-4)10-5)45-63-50(56)37-38-51(59-41-32-27-21-18-15-12-7-2)60-42-33-28-22-19-16-13-8-3/h47,51H,6-46H2,1-5H3. The summed E-state index contributed by atoms with van der Waals surface area (Å²) in [5.41, 5.74) is 0. The van der Waals surface area contributed by atoms with Crippen LogP contribution in [0, 0.1) is 5.92 Å². The maximum Gasteiger partial charge on any atom is 0.508 e. The molecule has 0 fully saturated rings. The molecule has 0 aliphatic heterocycles. The maximum absolute atomic E-state index is 13.0. The highest BCUT2D eigenvalue weighted by atomic mass is 16.7. The normalized spacial score (nSPS) is 11.9. The second-order valence-corrected chi connectivity index (χ2v) is 17.6. The van der Waals surface area contributed by atoms with E-state index in [1.807, 2.05) is 0 Å². The second kappa shape index (κ2) is 48.5. The van der Waals surface area contributed by atoms with Crippen LogP contribution in [-0.4, -0.2) is 101 Å². The van der Waals surface area contributed by atoms with Gasteiger partial charge in [-0.1, -0.05) is 169 Å². The van der Waals surface area contributed by atoms with Gasteiger partial charge in [0, 0.05) is 39.0 Å². The molecule has 0 rings (SSSR count). The third kappa shape index (κ3) is 43.5. The monoisotopic (exact) mass is 914 g/mol. The summed E-state index contributed by atoms with van der Waals surface area (Å²) in [7, 11) is 0. The van der Waals surface area contributed by atoms with E-state index in [0.29, 0.717) is 45.5 Å². The minimum atomic E-state index is -0.803. The van der Waals surface area contributed by atoms with Gasteiger partial charge in [0.15, 0.2) is 6.29 Å². The number of ether oxygens (including phenoxy) is 7. The summed E-state index contributed by atoms with van der Waals surface area (Å²) < 4.78 is 39.5. The lowest BCUT2D eigenvalue weighted by Gasteiger charge is -2.20. The lowest BCUT2D eigenvalue weighted by Crippen LogP contribution is -2.28. The number of unbranched alkanes of at least 4 members (excludes halogenated alkanes) is 22. The van der Waals surface area contributed by atoms with Gasteiger partial charge < -0.3 is 38.1 Å². The van der Waals surface area contributed by atoms with Crippen LogP contribution in [0.2, 0.25) is 0 Å². The van der Waals surface area contributed by atoms with Crippen molar-refractivity contribution in [3.05, 3.63) is 0 Å². The summed E-state index contributed by atoms with van der Waals surface area (Å²) in [5, 5.41) is 0. The Bertz CT molecular complexity index is 1040. The van der Waals surface area contributed by atoms with Crippen molar-refractivity contribution in [1.29, 1.82) is 0 Å². The molecule has 12 nitrogen and oxygen atoms in total. The lowest BCUT2D eigenvalue weighted by molar-refractivity contribution is -0.161. The van der Waals surface area contributed by atoms with Gasteiger partial charge in [0.1, 0.15) is 19.8 Å². The van der Waals surface area contributed by atoms with Crippen LogP contribution in [-0.2, 0) is 47.5 Å². The molecule has 0 saturated heterocycles. The molecule has 12 heteroatoms. The molecule has 0 N–H and O–H groups in total. The fourth-order valence-corrected chi connectivity index (χ4v) is 7.31. The molecule has 0 aromatic rings. The molecule has 0 radical (unpaired) electrons. The van der Waals surface area contributed by atoms with Crippen molar-refractivity contribution in [1.82, 2.24) is 4.90 Å². The van der Waals surface area contributed by atoms with Gasteiger partial charge in [0.25, 0.3) is 0 Å². The largest absolute Gasteiger partial charge is 0.508 e. The van der Waals surface area contributed by atoms with E-state index >= 15 is 0 Å². The predicted octanol–water partition coefficient (Wildman–Crippen LogP) is 13.2. The van der Waals surface area contributed by atoms with Crippen LogP contribution in [0.5, 0.6) is 0 Å². The molecular formula is C52H99NO11. The van der Waals surface area contributed by atoms with Crippen LogP contribution in [0.15, 0.2) is 0 Å². The Labute approximate surface area is 392 Å². The van der Waals surface area contributed by atoms with Crippen LogP contribution in [0.4, 0.5) is 4.79 Å². The van der Waals surface area contributed by atoms with E-state index in [0.717, 1.165) is 83.8 Å². The van der Waals surface area contributed by atoms with Crippen molar-refractivity contribution in [3.63, 3.8) is 0 Å². The first-order valence-corrected chi connectivity index (χ1v) is 26.5. The van der Waals surface area contributed by atoms with E-state index in [1.165, 1.54) is 96.3 Å². The van der Waals surface area contributed by atoms with E-state index in [2.05, 4.69) is 39.5 Å². The highest BCUT2D eigenvalue weighted by Gasteiger charge is 2.20. The molecule has 1 atom stereocenters. The number of esters is 3. The quantitative estimate of drug-likeness (QED) is 0.0249. The molecule has 0 aromatic heterocycles. The molecular weight excluding hydrogens is 815 g/mol. The van der Waals surface area contributed by atoms with Crippen LogP contribution >= 0.6 is 0 Å². The summed E-state index contributed by atoms with van der Waals surface area (Å²) in [6.07, 6.45) is 29.7. The molecule has 378 valence electrons. The topological polar surface area (TPSA) is 136 Å². The molecule has 64 heavy (non-hydrogen) atoms. The summed E-state index contributed by atoms with van der Waals surface area (Å²) in [5.74, 6) is -1.46. The summed E-state index contributed by atoms with van der Waals surface area (Å²) in [6.45, 7) is 15.2. The molecule has 0 heterocycles. The summed E-state index contributed by atoms with van der Waals surface area (Å²) in [4.78, 5) is 52.4. The third-order valence-electron chi connectivity index (χ3n) is 11.6. The minimum absolute atomic E-state index is 0.0615. The maximum atomic E-state index is 13.0. The predicted molar refractivity (Wildman–Crippen MR) is 257 cm³/mol. The zero-order chi connectivity index (χ0) is 47.0. The zero-order valence-corrected chi connectivity index (χ0v) is 42.1. The fraction of sp³-hybridized carbons (Fsp3) is 0.923. The smallest absolute Gasteiger partial charge is 0.466 e. The minimum Gasteiger partial charge on any atom is -0.466 e. The number of hydrogen-bond acceptors (Lipinski definition) is 12. The second-order valence-electron chi connectivity index (χ2n) is 17.6. The van der Waals surface area contributed by atoms with Crippen LogP contribution in [0.3, 0.4) is 0 Å². The Morgan fingerprint density at radius 3 is 1.22 bits per heavy atom. The van der Waals surface area contributed by atoms with Crippen molar-refractivity contribution in [2.24, 2.45) is 5.92 Å². The van der Waals surface area contributed by atoms with Gasteiger partial charge in [-0.25, -0.2) is 4.79 Å². The van der Waals surface area contributed by atoms with E-state index in [9.17, 15) is 19.2 Å².